The van der Waals surface area contributed by atoms with Gasteiger partial charge in [0.25, 0.3) is 0 Å². The van der Waals surface area contributed by atoms with Gasteiger partial charge in [0.15, 0.2) is 0 Å². The topological polar surface area (TPSA) is 46.2 Å². The van der Waals surface area contributed by atoms with Crippen LogP contribution in [-0.2, 0) is 6.42 Å². The zero-order valence-corrected chi connectivity index (χ0v) is 11.5. The molecule has 1 aromatic rings. The fourth-order valence-corrected chi connectivity index (χ4v) is 2.51. The van der Waals surface area contributed by atoms with Gasteiger partial charge in [-0.15, -0.1) is 0 Å². The van der Waals surface area contributed by atoms with Crippen LogP contribution in [0, 0.1) is 24.1 Å². The minimum absolute atomic E-state index is 0.0393. The van der Waals surface area contributed by atoms with Gasteiger partial charge in [0.2, 0.25) is 0 Å². The lowest BCUT2D eigenvalue weighted by molar-refractivity contribution is 0.107. The molecule has 0 aliphatic carbocycles. The van der Waals surface area contributed by atoms with Gasteiger partial charge in [-0.05, 0) is 48.9 Å². The normalized spacial score (nSPS) is 14.8. The van der Waals surface area contributed by atoms with E-state index < -0.39 is 0 Å². The highest BCUT2D eigenvalue weighted by Gasteiger charge is 2.29. The third-order valence-corrected chi connectivity index (χ3v) is 3.49. The summed E-state index contributed by atoms with van der Waals surface area (Å²) in [7, 11) is 0. The summed E-state index contributed by atoms with van der Waals surface area (Å²) in [5.74, 6) is 0.221. The minimum Gasteiger partial charge on any atom is -0.396 e. The second-order valence-electron chi connectivity index (χ2n) is 5.71. The Labute approximate surface area is 109 Å². The number of nitrogens with two attached hydrogens (primary N) is 1. The van der Waals surface area contributed by atoms with Crippen molar-refractivity contribution in [2.45, 2.75) is 33.6 Å². The number of hydrogen-bond donors (Lipinski definition) is 2. The number of halogens is 1. The molecule has 0 fully saturated rings. The van der Waals surface area contributed by atoms with Crippen molar-refractivity contribution >= 4 is 0 Å². The van der Waals surface area contributed by atoms with Crippen LogP contribution in [0.25, 0.3) is 0 Å². The van der Waals surface area contributed by atoms with Crippen molar-refractivity contribution in [1.82, 2.24) is 0 Å². The van der Waals surface area contributed by atoms with Gasteiger partial charge in [0.1, 0.15) is 5.82 Å². The quantitative estimate of drug-likeness (QED) is 0.818. The summed E-state index contributed by atoms with van der Waals surface area (Å²) in [6.45, 7) is 6.63. The lowest BCUT2D eigenvalue weighted by atomic mass is 9.75. The molecule has 1 atom stereocenters. The minimum atomic E-state index is -0.341. The molecule has 0 amide bonds. The molecule has 0 spiro atoms. The molecule has 3 N–H and O–H groups in total. The van der Waals surface area contributed by atoms with E-state index >= 15 is 0 Å². The van der Waals surface area contributed by atoms with E-state index in [-0.39, 0.29) is 17.8 Å². The fraction of sp³-hybridized carbons (Fsp3) is 0.600. The van der Waals surface area contributed by atoms with E-state index in [1.165, 1.54) is 6.07 Å². The Morgan fingerprint density at radius 1 is 1.39 bits per heavy atom. The van der Waals surface area contributed by atoms with Crippen molar-refractivity contribution in [2.75, 3.05) is 13.2 Å². The average molecular weight is 253 g/mol. The lowest BCUT2D eigenvalue weighted by Crippen LogP contribution is -2.38. The predicted octanol–water partition coefficient (Wildman–Crippen LogP) is 2.66. The maximum atomic E-state index is 13.3. The predicted molar refractivity (Wildman–Crippen MR) is 72.9 cm³/mol. The first-order valence-electron chi connectivity index (χ1n) is 6.48. The van der Waals surface area contributed by atoms with Crippen LogP contribution in [0.2, 0.25) is 0 Å². The van der Waals surface area contributed by atoms with Crippen molar-refractivity contribution in [3.8, 4) is 0 Å². The van der Waals surface area contributed by atoms with Crippen LogP contribution >= 0.6 is 0 Å². The Balaban J connectivity index is 2.98. The lowest BCUT2D eigenvalue weighted by Gasteiger charge is -2.33. The molecule has 0 aliphatic rings. The molecule has 3 heteroatoms. The van der Waals surface area contributed by atoms with Crippen molar-refractivity contribution in [2.24, 2.45) is 17.1 Å². The number of aliphatic hydroxyl groups excluding tert-OH is 1. The molecule has 0 aliphatic heterocycles. The maximum Gasteiger partial charge on any atom is 0.123 e. The average Bonchev–Trinajstić information content (AvgIpc) is 2.32. The van der Waals surface area contributed by atoms with Crippen LogP contribution in [0.3, 0.4) is 0 Å². The van der Waals surface area contributed by atoms with Gasteiger partial charge in [-0.3, -0.25) is 0 Å². The van der Waals surface area contributed by atoms with Crippen molar-refractivity contribution in [3.63, 3.8) is 0 Å². The van der Waals surface area contributed by atoms with Crippen molar-refractivity contribution in [1.29, 1.82) is 0 Å². The molecule has 0 saturated carbocycles. The van der Waals surface area contributed by atoms with Crippen LogP contribution in [-0.4, -0.2) is 18.3 Å². The Kier molecular flexibility index (Phi) is 5.29. The van der Waals surface area contributed by atoms with E-state index in [2.05, 4.69) is 13.8 Å². The van der Waals surface area contributed by atoms with Crippen molar-refractivity contribution < 1.29 is 9.50 Å². The Morgan fingerprint density at radius 2 is 2.06 bits per heavy atom. The number of aryl methyl sites for hydroxylation is 1. The highest BCUT2D eigenvalue weighted by Crippen LogP contribution is 2.30. The number of rotatable bonds is 6. The standard InChI is InChI=1S/C15H24FNO/c1-11(2)7-15(9-17,10-18)8-13-6-14(16)5-4-12(13)3/h4-6,11,18H,7-10,17H2,1-3H3. The fourth-order valence-electron chi connectivity index (χ4n) is 2.51. The first kappa shape index (κ1) is 15.1. The molecule has 0 saturated heterocycles. The summed E-state index contributed by atoms with van der Waals surface area (Å²) in [6.07, 6.45) is 1.47. The molecule has 2 nitrogen and oxygen atoms in total. The monoisotopic (exact) mass is 253 g/mol. The Morgan fingerprint density at radius 3 is 2.56 bits per heavy atom. The first-order valence-corrected chi connectivity index (χ1v) is 6.48. The second-order valence-corrected chi connectivity index (χ2v) is 5.71. The number of aliphatic hydroxyl groups is 1. The summed E-state index contributed by atoms with van der Waals surface area (Å²) < 4.78 is 13.3. The van der Waals surface area contributed by atoms with Gasteiger partial charge < -0.3 is 10.8 Å². The van der Waals surface area contributed by atoms with Gasteiger partial charge in [0.05, 0.1) is 6.61 Å². The van der Waals surface area contributed by atoms with Crippen LogP contribution in [0.5, 0.6) is 0 Å². The van der Waals surface area contributed by atoms with E-state index in [9.17, 15) is 9.50 Å². The highest BCUT2D eigenvalue weighted by molar-refractivity contribution is 5.27. The molecular weight excluding hydrogens is 229 g/mol. The van der Waals surface area contributed by atoms with E-state index in [0.717, 1.165) is 17.5 Å². The summed E-state index contributed by atoms with van der Waals surface area (Å²) in [6, 6.07) is 4.79. The van der Waals surface area contributed by atoms with Gasteiger partial charge in [0, 0.05) is 12.0 Å². The molecule has 0 radical (unpaired) electrons. The second kappa shape index (κ2) is 6.30. The van der Waals surface area contributed by atoms with E-state index in [1.807, 2.05) is 6.92 Å². The molecule has 0 bridgehead atoms. The number of benzene rings is 1. The van der Waals surface area contributed by atoms with Crippen LogP contribution in [0.4, 0.5) is 4.39 Å². The molecule has 1 rings (SSSR count). The molecule has 0 heterocycles. The SMILES string of the molecule is Cc1ccc(F)cc1CC(CN)(CO)CC(C)C. The van der Waals surface area contributed by atoms with Crippen molar-refractivity contribution in [3.05, 3.63) is 35.1 Å². The summed E-state index contributed by atoms with van der Waals surface area (Å²) in [4.78, 5) is 0. The molecule has 1 unspecified atom stereocenters. The van der Waals surface area contributed by atoms with E-state index in [1.54, 1.807) is 12.1 Å². The zero-order valence-electron chi connectivity index (χ0n) is 11.5. The zero-order chi connectivity index (χ0) is 13.8. The van der Waals surface area contributed by atoms with Gasteiger partial charge >= 0.3 is 0 Å². The maximum absolute atomic E-state index is 13.3. The molecular formula is C15H24FNO. The van der Waals surface area contributed by atoms with Gasteiger partial charge in [-0.1, -0.05) is 19.9 Å². The van der Waals surface area contributed by atoms with E-state index in [0.29, 0.717) is 18.9 Å². The Hall–Kier alpha value is -0.930. The molecule has 18 heavy (non-hydrogen) atoms. The van der Waals surface area contributed by atoms with E-state index in [4.69, 9.17) is 5.73 Å². The van der Waals surface area contributed by atoms with Crippen LogP contribution in [0.1, 0.15) is 31.4 Å². The number of hydrogen-bond acceptors (Lipinski definition) is 2. The first-order chi connectivity index (χ1) is 8.42. The van der Waals surface area contributed by atoms with Crippen LogP contribution < -0.4 is 5.73 Å². The molecule has 102 valence electrons. The van der Waals surface area contributed by atoms with Crippen LogP contribution in [0.15, 0.2) is 18.2 Å². The molecule has 0 aromatic heterocycles. The Bertz CT molecular complexity index is 386. The summed E-state index contributed by atoms with van der Waals surface area (Å²) in [5.41, 5.74) is 7.50. The third kappa shape index (κ3) is 3.79. The summed E-state index contributed by atoms with van der Waals surface area (Å²) >= 11 is 0. The smallest absolute Gasteiger partial charge is 0.123 e. The summed E-state index contributed by atoms with van der Waals surface area (Å²) in [5, 5.41) is 9.67. The largest absolute Gasteiger partial charge is 0.396 e. The van der Waals surface area contributed by atoms with Gasteiger partial charge in [-0.25, -0.2) is 4.39 Å². The highest BCUT2D eigenvalue weighted by atomic mass is 19.1. The third-order valence-electron chi connectivity index (χ3n) is 3.49. The van der Waals surface area contributed by atoms with Gasteiger partial charge in [-0.2, -0.15) is 0 Å². The molecule has 1 aromatic carbocycles.